The number of allylic oxidation sites excluding steroid dienone is 2. The van der Waals surface area contributed by atoms with E-state index in [0.717, 1.165) is 12.8 Å². The molecule has 2 heteroatoms. The zero-order chi connectivity index (χ0) is 9.05. The fraction of sp³-hybridized carbons (Fsp3) is 0.636. The molecule has 0 heterocycles. The third-order valence-electron chi connectivity index (χ3n) is 4.12. The maximum atomic E-state index is 11.8. The molecule has 3 aliphatic carbocycles. The van der Waals surface area contributed by atoms with Crippen LogP contribution < -0.4 is 0 Å². The highest BCUT2D eigenvalue weighted by Crippen LogP contribution is 2.59. The van der Waals surface area contributed by atoms with E-state index in [4.69, 9.17) is 0 Å². The Labute approximate surface area is 77.0 Å². The van der Waals surface area contributed by atoms with Crippen molar-refractivity contribution in [3.8, 4) is 0 Å². The molecule has 2 fully saturated rings. The monoisotopic (exact) mass is 176 g/mol. The van der Waals surface area contributed by atoms with Gasteiger partial charge in [-0.15, -0.1) is 0 Å². The molecule has 0 aromatic rings. The fourth-order valence-electron chi connectivity index (χ4n) is 3.53. The quantitative estimate of drug-likeness (QED) is 0.560. The maximum absolute atomic E-state index is 11.8. The molecule has 0 aromatic carbocycles. The molecule has 3 atom stereocenters. The van der Waals surface area contributed by atoms with E-state index >= 15 is 0 Å². The number of hydrogen-bond acceptors (Lipinski definition) is 2. The molecule has 2 nitrogen and oxygen atoms in total. The Balaban J connectivity index is 2.10. The van der Waals surface area contributed by atoms with Crippen LogP contribution in [0.4, 0.5) is 0 Å². The number of hydrogen-bond donors (Lipinski definition) is 0. The summed E-state index contributed by atoms with van der Waals surface area (Å²) in [5, 5.41) is 0. The zero-order valence-corrected chi connectivity index (χ0v) is 7.45. The molecule has 0 unspecified atom stereocenters. The van der Waals surface area contributed by atoms with Gasteiger partial charge in [0.1, 0.15) is 5.78 Å². The highest BCUT2D eigenvalue weighted by atomic mass is 16.1. The lowest BCUT2D eigenvalue weighted by molar-refractivity contribution is -0.127. The highest BCUT2D eigenvalue weighted by Gasteiger charge is 2.60. The van der Waals surface area contributed by atoms with Gasteiger partial charge in [-0.25, -0.2) is 0 Å². The lowest BCUT2D eigenvalue weighted by Crippen LogP contribution is -2.31. The predicted molar refractivity (Wildman–Crippen MR) is 47.0 cm³/mol. The van der Waals surface area contributed by atoms with E-state index in [1.807, 2.05) is 6.08 Å². The molecule has 0 radical (unpaired) electrons. The highest BCUT2D eigenvalue weighted by molar-refractivity contribution is 6.03. The normalized spacial score (nSPS) is 47.1. The third-order valence-corrected chi connectivity index (χ3v) is 4.12. The SMILES string of the molecule is O=C1C[C@@H]2CC[C@H]3C=CC(=O)[C@@]23C1. The van der Waals surface area contributed by atoms with Crippen molar-refractivity contribution in [1.82, 2.24) is 0 Å². The van der Waals surface area contributed by atoms with E-state index in [-0.39, 0.29) is 11.2 Å². The molecule has 1 spiro atoms. The number of rotatable bonds is 0. The number of carbonyl (C=O) groups excluding carboxylic acids is 2. The average molecular weight is 176 g/mol. The predicted octanol–water partition coefficient (Wildman–Crippen LogP) is 1.50. The van der Waals surface area contributed by atoms with Crippen LogP contribution in [0.3, 0.4) is 0 Å². The van der Waals surface area contributed by atoms with Crippen LogP contribution in [-0.2, 0) is 9.59 Å². The van der Waals surface area contributed by atoms with Crippen LogP contribution in [0, 0.1) is 17.3 Å². The second-order valence-corrected chi connectivity index (χ2v) is 4.56. The van der Waals surface area contributed by atoms with Crippen molar-refractivity contribution in [3.63, 3.8) is 0 Å². The van der Waals surface area contributed by atoms with Crippen molar-refractivity contribution < 1.29 is 9.59 Å². The maximum Gasteiger partial charge on any atom is 0.162 e. The van der Waals surface area contributed by atoms with Crippen LogP contribution in [0.2, 0.25) is 0 Å². The second-order valence-electron chi connectivity index (χ2n) is 4.56. The third kappa shape index (κ3) is 0.702. The van der Waals surface area contributed by atoms with Crippen molar-refractivity contribution in [3.05, 3.63) is 12.2 Å². The Bertz CT molecular complexity index is 329. The molecule has 0 saturated heterocycles. The molecule has 2 saturated carbocycles. The Morgan fingerprint density at radius 2 is 2.15 bits per heavy atom. The van der Waals surface area contributed by atoms with Gasteiger partial charge in [0, 0.05) is 18.3 Å². The number of ketones is 2. The van der Waals surface area contributed by atoms with Crippen molar-refractivity contribution in [1.29, 1.82) is 0 Å². The van der Waals surface area contributed by atoms with E-state index in [1.165, 1.54) is 0 Å². The van der Waals surface area contributed by atoms with E-state index in [0.29, 0.717) is 30.5 Å². The molecule has 0 N–H and O–H groups in total. The first-order valence-electron chi connectivity index (χ1n) is 4.98. The van der Waals surface area contributed by atoms with E-state index in [2.05, 4.69) is 0 Å². The van der Waals surface area contributed by atoms with Crippen LogP contribution in [0.25, 0.3) is 0 Å². The van der Waals surface area contributed by atoms with Gasteiger partial charge in [0.2, 0.25) is 0 Å². The van der Waals surface area contributed by atoms with Gasteiger partial charge in [-0.05, 0) is 30.8 Å². The summed E-state index contributed by atoms with van der Waals surface area (Å²) in [6.45, 7) is 0. The van der Waals surface area contributed by atoms with Gasteiger partial charge in [-0.2, -0.15) is 0 Å². The first-order chi connectivity index (χ1) is 6.23. The summed E-state index contributed by atoms with van der Waals surface area (Å²) < 4.78 is 0. The van der Waals surface area contributed by atoms with Crippen molar-refractivity contribution >= 4 is 11.6 Å². The summed E-state index contributed by atoms with van der Waals surface area (Å²) in [7, 11) is 0. The number of Topliss-reactive ketones (excluding diaryl/α,β-unsaturated/α-hetero) is 1. The molecule has 13 heavy (non-hydrogen) atoms. The first-order valence-corrected chi connectivity index (χ1v) is 4.98. The first kappa shape index (κ1) is 7.48. The summed E-state index contributed by atoms with van der Waals surface area (Å²) >= 11 is 0. The lowest BCUT2D eigenvalue weighted by Gasteiger charge is -2.26. The molecule has 0 amide bonds. The second kappa shape index (κ2) is 2.11. The van der Waals surface area contributed by atoms with Crippen LogP contribution in [-0.4, -0.2) is 11.6 Å². The molecule has 3 aliphatic rings. The van der Waals surface area contributed by atoms with Crippen molar-refractivity contribution in [2.24, 2.45) is 17.3 Å². The van der Waals surface area contributed by atoms with Gasteiger partial charge in [-0.3, -0.25) is 9.59 Å². The Kier molecular flexibility index (Phi) is 1.22. The largest absolute Gasteiger partial charge is 0.300 e. The standard InChI is InChI=1S/C11H12O2/c12-9-5-8-2-1-7-3-4-10(13)11(7,8)6-9/h3-4,7-8H,1-2,5-6H2/t7-,8-,11+/m0/s1. The average Bonchev–Trinajstić information content (AvgIpc) is 2.63. The molecular weight excluding hydrogens is 164 g/mol. The van der Waals surface area contributed by atoms with Gasteiger partial charge in [0.25, 0.3) is 0 Å². The molecule has 68 valence electrons. The Morgan fingerprint density at radius 3 is 3.00 bits per heavy atom. The van der Waals surface area contributed by atoms with E-state index in [9.17, 15) is 9.59 Å². The van der Waals surface area contributed by atoms with E-state index < -0.39 is 0 Å². The lowest BCUT2D eigenvalue weighted by atomic mass is 9.74. The summed E-state index contributed by atoms with van der Waals surface area (Å²) in [5.41, 5.74) is -0.253. The van der Waals surface area contributed by atoms with Crippen LogP contribution in [0.15, 0.2) is 12.2 Å². The minimum atomic E-state index is -0.253. The molecule has 0 bridgehead atoms. The summed E-state index contributed by atoms with van der Waals surface area (Å²) in [5.74, 6) is 1.28. The smallest absolute Gasteiger partial charge is 0.162 e. The van der Waals surface area contributed by atoms with Gasteiger partial charge in [0.15, 0.2) is 5.78 Å². The van der Waals surface area contributed by atoms with Crippen molar-refractivity contribution in [2.45, 2.75) is 25.7 Å². The molecular formula is C11H12O2. The summed E-state index contributed by atoms with van der Waals surface area (Å²) in [4.78, 5) is 23.1. The van der Waals surface area contributed by atoms with Crippen LogP contribution in [0.5, 0.6) is 0 Å². The summed E-state index contributed by atoms with van der Waals surface area (Å²) in [6.07, 6.45) is 7.10. The minimum absolute atomic E-state index is 0.228. The molecule has 0 aromatic heterocycles. The van der Waals surface area contributed by atoms with Crippen molar-refractivity contribution in [2.75, 3.05) is 0 Å². The van der Waals surface area contributed by atoms with Gasteiger partial charge in [0.05, 0.1) is 0 Å². The number of carbonyl (C=O) groups is 2. The van der Waals surface area contributed by atoms with Gasteiger partial charge in [-0.1, -0.05) is 6.08 Å². The van der Waals surface area contributed by atoms with Crippen LogP contribution in [0.1, 0.15) is 25.7 Å². The summed E-state index contributed by atoms with van der Waals surface area (Å²) in [6, 6.07) is 0. The topological polar surface area (TPSA) is 34.1 Å². The molecule has 0 aliphatic heterocycles. The van der Waals surface area contributed by atoms with Crippen LogP contribution >= 0.6 is 0 Å². The van der Waals surface area contributed by atoms with Gasteiger partial charge < -0.3 is 0 Å². The molecule has 3 rings (SSSR count). The Morgan fingerprint density at radius 1 is 1.31 bits per heavy atom. The zero-order valence-electron chi connectivity index (χ0n) is 7.45. The van der Waals surface area contributed by atoms with Gasteiger partial charge >= 0.3 is 0 Å². The van der Waals surface area contributed by atoms with E-state index in [1.54, 1.807) is 6.08 Å². The Hall–Kier alpha value is -0.920. The fourth-order valence-corrected chi connectivity index (χ4v) is 3.53. The minimum Gasteiger partial charge on any atom is -0.300 e.